The van der Waals surface area contributed by atoms with Crippen LogP contribution in [0, 0.1) is 5.92 Å². The predicted molar refractivity (Wildman–Crippen MR) is 127 cm³/mol. The molecule has 0 radical (unpaired) electrons. The van der Waals surface area contributed by atoms with Crippen LogP contribution in [0.1, 0.15) is 41.6 Å². The molecule has 5 rings (SSSR count). The lowest BCUT2D eigenvalue weighted by molar-refractivity contribution is 0.0944. The second kappa shape index (κ2) is 9.52. The fourth-order valence-electron chi connectivity index (χ4n) is 3.43. The molecule has 0 bridgehead atoms. The van der Waals surface area contributed by atoms with Crippen LogP contribution in [-0.2, 0) is 17.7 Å². The summed E-state index contributed by atoms with van der Waals surface area (Å²) in [5.74, 6) is 1.54. The maximum absolute atomic E-state index is 12.4. The van der Waals surface area contributed by atoms with Gasteiger partial charge in [-0.05, 0) is 61.4 Å². The first-order chi connectivity index (χ1) is 16.5. The van der Waals surface area contributed by atoms with E-state index in [0.29, 0.717) is 49.2 Å². The van der Waals surface area contributed by atoms with Gasteiger partial charge < -0.3 is 19.3 Å². The number of nitrogens with zero attached hydrogens (tertiary/aromatic N) is 2. The van der Waals surface area contributed by atoms with Crippen molar-refractivity contribution in [1.82, 2.24) is 15.3 Å². The fraction of sp³-hybridized carbons (Fsp3) is 0.320. The molecule has 176 valence electrons. The highest BCUT2D eigenvalue weighted by atomic mass is 32.2. The van der Waals surface area contributed by atoms with E-state index in [1.807, 2.05) is 24.3 Å². The molecule has 0 aliphatic heterocycles. The SMILES string of the molecule is O=C(NC1(S(=O)O)CC1)c1ccc(COc2cccc(-c3cnc(OCC4CC4)cn3)c2)cc1. The summed E-state index contributed by atoms with van der Waals surface area (Å²) in [5.41, 5.74) is 2.95. The Bertz CT molecular complexity index is 1190. The van der Waals surface area contributed by atoms with Gasteiger partial charge in [0.25, 0.3) is 5.91 Å². The number of hydrogen-bond acceptors (Lipinski definition) is 6. The van der Waals surface area contributed by atoms with E-state index in [0.717, 1.165) is 16.8 Å². The van der Waals surface area contributed by atoms with Gasteiger partial charge in [-0.15, -0.1) is 0 Å². The molecule has 1 heterocycles. The van der Waals surface area contributed by atoms with Gasteiger partial charge in [-0.1, -0.05) is 24.3 Å². The van der Waals surface area contributed by atoms with Gasteiger partial charge in [-0.3, -0.25) is 4.79 Å². The molecule has 34 heavy (non-hydrogen) atoms. The molecule has 3 aromatic rings. The lowest BCUT2D eigenvalue weighted by Crippen LogP contribution is -2.39. The monoisotopic (exact) mass is 479 g/mol. The van der Waals surface area contributed by atoms with Crippen LogP contribution in [0.4, 0.5) is 0 Å². The molecule has 0 spiro atoms. The molecular formula is C25H25N3O5S. The van der Waals surface area contributed by atoms with Crippen molar-refractivity contribution in [2.45, 2.75) is 37.2 Å². The van der Waals surface area contributed by atoms with Crippen molar-refractivity contribution < 1.29 is 23.0 Å². The smallest absolute Gasteiger partial charge is 0.252 e. The molecule has 9 heteroatoms. The van der Waals surface area contributed by atoms with E-state index in [4.69, 9.17) is 9.47 Å². The van der Waals surface area contributed by atoms with Gasteiger partial charge in [0.05, 0.1) is 24.7 Å². The highest BCUT2D eigenvalue weighted by Gasteiger charge is 2.50. The zero-order valence-corrected chi connectivity index (χ0v) is 19.3. The Morgan fingerprint density at radius 2 is 1.88 bits per heavy atom. The van der Waals surface area contributed by atoms with Crippen LogP contribution in [0.25, 0.3) is 11.3 Å². The third kappa shape index (κ3) is 5.43. The summed E-state index contributed by atoms with van der Waals surface area (Å²) in [5, 5.41) is 2.66. The normalized spacial score (nSPS) is 17.0. The number of benzene rings is 2. The minimum absolute atomic E-state index is 0.329. The van der Waals surface area contributed by atoms with E-state index >= 15 is 0 Å². The van der Waals surface area contributed by atoms with Crippen molar-refractivity contribution in [3.05, 3.63) is 72.1 Å². The van der Waals surface area contributed by atoms with E-state index < -0.39 is 16.0 Å². The largest absolute Gasteiger partial charge is 0.489 e. The summed E-state index contributed by atoms with van der Waals surface area (Å²) in [6, 6.07) is 14.6. The molecule has 1 amide bonds. The summed E-state index contributed by atoms with van der Waals surface area (Å²) >= 11 is -2.07. The third-order valence-electron chi connectivity index (χ3n) is 5.92. The minimum Gasteiger partial charge on any atom is -0.489 e. The minimum atomic E-state index is -2.07. The van der Waals surface area contributed by atoms with Crippen LogP contribution in [0.3, 0.4) is 0 Å². The van der Waals surface area contributed by atoms with Crippen molar-refractivity contribution in [3.8, 4) is 22.9 Å². The van der Waals surface area contributed by atoms with Gasteiger partial charge in [-0.25, -0.2) is 14.2 Å². The topological polar surface area (TPSA) is 111 Å². The van der Waals surface area contributed by atoms with E-state index in [2.05, 4.69) is 15.3 Å². The molecule has 0 saturated heterocycles. The number of hydrogen-bond donors (Lipinski definition) is 2. The first kappa shape index (κ1) is 22.5. The van der Waals surface area contributed by atoms with Gasteiger partial charge in [0.1, 0.15) is 17.2 Å². The summed E-state index contributed by atoms with van der Waals surface area (Å²) in [6.45, 7) is 1.03. The number of carbonyl (C=O) groups is 1. The van der Waals surface area contributed by atoms with E-state index in [1.165, 1.54) is 12.8 Å². The highest BCUT2D eigenvalue weighted by Crippen LogP contribution is 2.38. The number of ether oxygens (including phenoxy) is 2. The average molecular weight is 480 g/mol. The van der Waals surface area contributed by atoms with Crippen molar-refractivity contribution >= 4 is 17.0 Å². The Morgan fingerprint density at radius 1 is 1.09 bits per heavy atom. The van der Waals surface area contributed by atoms with Crippen molar-refractivity contribution in [2.24, 2.45) is 5.92 Å². The second-order valence-electron chi connectivity index (χ2n) is 8.71. The molecule has 2 fully saturated rings. The molecule has 1 unspecified atom stereocenters. The van der Waals surface area contributed by atoms with E-state index in [9.17, 15) is 13.6 Å². The Morgan fingerprint density at radius 3 is 2.53 bits per heavy atom. The Kier molecular flexibility index (Phi) is 6.30. The van der Waals surface area contributed by atoms with Gasteiger partial charge in [-0.2, -0.15) is 0 Å². The van der Waals surface area contributed by atoms with Crippen LogP contribution in [0.2, 0.25) is 0 Å². The van der Waals surface area contributed by atoms with Crippen LogP contribution in [0.15, 0.2) is 60.9 Å². The first-order valence-corrected chi connectivity index (χ1v) is 12.3. The Labute approximate surface area is 200 Å². The lowest BCUT2D eigenvalue weighted by Gasteiger charge is -2.13. The molecule has 8 nitrogen and oxygen atoms in total. The number of carbonyl (C=O) groups excluding carboxylic acids is 1. The number of nitrogens with one attached hydrogen (secondary N) is 1. The first-order valence-electron chi connectivity index (χ1n) is 11.2. The molecule has 2 aliphatic carbocycles. The zero-order valence-electron chi connectivity index (χ0n) is 18.5. The fourth-order valence-corrected chi connectivity index (χ4v) is 4.06. The summed E-state index contributed by atoms with van der Waals surface area (Å²) in [6.07, 6.45) is 6.82. The number of aromatic nitrogens is 2. The van der Waals surface area contributed by atoms with Crippen molar-refractivity contribution in [3.63, 3.8) is 0 Å². The maximum atomic E-state index is 12.4. The van der Waals surface area contributed by atoms with Gasteiger partial charge >= 0.3 is 0 Å². The summed E-state index contributed by atoms with van der Waals surface area (Å²) < 4.78 is 32.3. The summed E-state index contributed by atoms with van der Waals surface area (Å²) in [7, 11) is 0. The standard InChI is InChI=1S/C25H25N3O5S/c29-24(28-25(10-11-25)34(30)31)19-8-6-18(7-9-19)15-32-21-3-1-2-20(12-21)22-13-27-23(14-26-22)33-16-17-4-5-17/h1-3,6-9,12-14,17H,4-5,10-11,15-16H2,(H,28,29)(H,30,31). The maximum Gasteiger partial charge on any atom is 0.252 e. The van der Waals surface area contributed by atoms with Crippen LogP contribution in [-0.4, -0.2) is 36.1 Å². The number of amides is 1. The van der Waals surface area contributed by atoms with E-state index in [1.54, 1.807) is 36.7 Å². The highest BCUT2D eigenvalue weighted by molar-refractivity contribution is 7.81. The Balaban J connectivity index is 1.16. The predicted octanol–water partition coefficient (Wildman–Crippen LogP) is 3.95. The average Bonchev–Trinajstić information content (AvgIpc) is 3.79. The molecule has 2 aromatic carbocycles. The molecule has 2 saturated carbocycles. The molecule has 1 atom stereocenters. The quantitative estimate of drug-likeness (QED) is 0.424. The Hall–Kier alpha value is -3.30. The lowest BCUT2D eigenvalue weighted by atomic mass is 10.1. The van der Waals surface area contributed by atoms with Gasteiger partial charge in [0.2, 0.25) is 5.88 Å². The molecular weight excluding hydrogens is 454 g/mol. The second-order valence-corrected chi connectivity index (χ2v) is 9.99. The molecule has 2 N–H and O–H groups in total. The third-order valence-corrected chi connectivity index (χ3v) is 7.10. The summed E-state index contributed by atoms with van der Waals surface area (Å²) in [4.78, 5) is 20.2. The van der Waals surface area contributed by atoms with Gasteiger partial charge in [0, 0.05) is 11.1 Å². The van der Waals surface area contributed by atoms with Crippen LogP contribution in [0.5, 0.6) is 11.6 Å². The van der Waals surface area contributed by atoms with Crippen LogP contribution < -0.4 is 14.8 Å². The van der Waals surface area contributed by atoms with Crippen LogP contribution >= 0.6 is 0 Å². The van der Waals surface area contributed by atoms with Gasteiger partial charge in [0.15, 0.2) is 11.1 Å². The van der Waals surface area contributed by atoms with Crippen molar-refractivity contribution in [1.29, 1.82) is 0 Å². The molecule has 1 aromatic heterocycles. The number of rotatable bonds is 10. The van der Waals surface area contributed by atoms with E-state index in [-0.39, 0.29) is 5.91 Å². The zero-order chi connectivity index (χ0) is 23.5. The van der Waals surface area contributed by atoms with Crippen molar-refractivity contribution in [2.75, 3.05) is 6.61 Å². The molecule has 2 aliphatic rings.